The van der Waals surface area contributed by atoms with Crippen molar-refractivity contribution in [3.63, 3.8) is 0 Å². The summed E-state index contributed by atoms with van der Waals surface area (Å²) in [6, 6.07) is 12.0. The van der Waals surface area contributed by atoms with E-state index in [0.717, 1.165) is 6.07 Å². The van der Waals surface area contributed by atoms with Gasteiger partial charge in [0, 0.05) is 6.20 Å². The zero-order valence-corrected chi connectivity index (χ0v) is 12.4. The van der Waals surface area contributed by atoms with E-state index in [9.17, 15) is 13.6 Å². The third-order valence-corrected chi connectivity index (χ3v) is 3.44. The van der Waals surface area contributed by atoms with Crippen LogP contribution < -0.4 is 5.32 Å². The van der Waals surface area contributed by atoms with E-state index >= 15 is 0 Å². The SMILES string of the molecule is O=C(Nc1cccc(F)c1F)c1ccn(-c2ccccc2Cl)n1. The van der Waals surface area contributed by atoms with Crippen molar-refractivity contribution >= 4 is 23.2 Å². The van der Waals surface area contributed by atoms with Crippen molar-refractivity contribution < 1.29 is 13.6 Å². The summed E-state index contributed by atoms with van der Waals surface area (Å²) in [5.41, 5.74) is 0.404. The Bertz CT molecular complexity index is 879. The van der Waals surface area contributed by atoms with E-state index in [0.29, 0.717) is 10.7 Å². The lowest BCUT2D eigenvalue weighted by Crippen LogP contribution is -2.14. The van der Waals surface area contributed by atoms with Crippen LogP contribution in [0.4, 0.5) is 14.5 Å². The van der Waals surface area contributed by atoms with Crippen molar-refractivity contribution in [2.24, 2.45) is 0 Å². The van der Waals surface area contributed by atoms with E-state index in [1.807, 2.05) is 0 Å². The van der Waals surface area contributed by atoms with Gasteiger partial charge in [0.15, 0.2) is 17.3 Å². The Kier molecular flexibility index (Phi) is 4.08. The molecule has 0 spiro atoms. The lowest BCUT2D eigenvalue weighted by atomic mass is 10.3. The molecule has 0 unspecified atom stereocenters. The quantitative estimate of drug-likeness (QED) is 0.785. The van der Waals surface area contributed by atoms with E-state index in [-0.39, 0.29) is 11.4 Å². The van der Waals surface area contributed by atoms with Gasteiger partial charge in [0.1, 0.15) is 0 Å². The Hall–Kier alpha value is -2.73. The molecule has 1 heterocycles. The topological polar surface area (TPSA) is 46.9 Å². The predicted octanol–water partition coefficient (Wildman–Crippen LogP) is 4.06. The summed E-state index contributed by atoms with van der Waals surface area (Å²) < 4.78 is 28.1. The number of aromatic nitrogens is 2. The second kappa shape index (κ2) is 6.18. The lowest BCUT2D eigenvalue weighted by Gasteiger charge is -2.05. The van der Waals surface area contributed by atoms with Crippen LogP contribution in [0.5, 0.6) is 0 Å². The summed E-state index contributed by atoms with van der Waals surface area (Å²) in [5, 5.41) is 6.85. The monoisotopic (exact) mass is 333 g/mol. The number of hydrogen-bond donors (Lipinski definition) is 1. The molecule has 0 bridgehead atoms. The van der Waals surface area contributed by atoms with Gasteiger partial charge in [-0.15, -0.1) is 0 Å². The van der Waals surface area contributed by atoms with Gasteiger partial charge < -0.3 is 5.32 Å². The molecule has 0 aliphatic carbocycles. The molecule has 3 aromatic rings. The Morgan fingerprint density at radius 3 is 2.65 bits per heavy atom. The number of hydrogen-bond acceptors (Lipinski definition) is 2. The van der Waals surface area contributed by atoms with Gasteiger partial charge >= 0.3 is 0 Å². The number of carbonyl (C=O) groups is 1. The van der Waals surface area contributed by atoms with E-state index in [2.05, 4.69) is 10.4 Å². The van der Waals surface area contributed by atoms with Gasteiger partial charge in [-0.25, -0.2) is 13.5 Å². The highest BCUT2D eigenvalue weighted by atomic mass is 35.5. The van der Waals surface area contributed by atoms with Crippen LogP contribution in [-0.2, 0) is 0 Å². The number of para-hydroxylation sites is 1. The fourth-order valence-electron chi connectivity index (χ4n) is 2.00. The summed E-state index contributed by atoms with van der Waals surface area (Å²) in [7, 11) is 0. The first-order valence-corrected chi connectivity index (χ1v) is 7.00. The molecule has 116 valence electrons. The standard InChI is InChI=1S/C16H10ClF2N3O/c17-10-4-1-2-7-14(10)22-9-8-13(21-22)16(23)20-12-6-3-5-11(18)15(12)19/h1-9H,(H,20,23). The molecule has 0 saturated heterocycles. The van der Waals surface area contributed by atoms with Crippen LogP contribution >= 0.6 is 11.6 Å². The molecular weight excluding hydrogens is 324 g/mol. The molecule has 0 aliphatic heterocycles. The zero-order valence-electron chi connectivity index (χ0n) is 11.6. The molecule has 3 rings (SSSR count). The first-order chi connectivity index (χ1) is 11.1. The number of rotatable bonds is 3. The number of nitrogens with zero attached hydrogens (tertiary/aromatic N) is 2. The molecular formula is C16H10ClF2N3O. The van der Waals surface area contributed by atoms with E-state index in [4.69, 9.17) is 11.6 Å². The van der Waals surface area contributed by atoms with Crippen molar-refractivity contribution in [3.8, 4) is 5.69 Å². The summed E-state index contributed by atoms with van der Waals surface area (Å²) >= 11 is 6.06. The number of carbonyl (C=O) groups excluding carboxylic acids is 1. The number of nitrogens with one attached hydrogen (secondary N) is 1. The highest BCUT2D eigenvalue weighted by Gasteiger charge is 2.15. The minimum absolute atomic E-state index is 0.0496. The number of anilines is 1. The molecule has 23 heavy (non-hydrogen) atoms. The molecule has 1 aromatic heterocycles. The molecule has 0 aliphatic rings. The average molecular weight is 334 g/mol. The smallest absolute Gasteiger partial charge is 0.276 e. The highest BCUT2D eigenvalue weighted by Crippen LogP contribution is 2.20. The molecule has 7 heteroatoms. The Balaban J connectivity index is 1.84. The van der Waals surface area contributed by atoms with Gasteiger partial charge in [-0.3, -0.25) is 4.79 Å². The van der Waals surface area contributed by atoms with Gasteiger partial charge in [-0.2, -0.15) is 5.10 Å². The average Bonchev–Trinajstić information content (AvgIpc) is 3.02. The molecule has 1 N–H and O–H groups in total. The van der Waals surface area contributed by atoms with E-state index in [1.165, 1.54) is 22.9 Å². The van der Waals surface area contributed by atoms with Gasteiger partial charge in [0.05, 0.1) is 16.4 Å². The maximum Gasteiger partial charge on any atom is 0.276 e. The van der Waals surface area contributed by atoms with Crippen molar-refractivity contribution in [2.45, 2.75) is 0 Å². The molecule has 2 aromatic carbocycles. The van der Waals surface area contributed by atoms with Gasteiger partial charge in [-0.05, 0) is 30.3 Å². The fourth-order valence-corrected chi connectivity index (χ4v) is 2.23. The van der Waals surface area contributed by atoms with Crippen LogP contribution in [0.15, 0.2) is 54.7 Å². The number of amides is 1. The van der Waals surface area contributed by atoms with Crippen LogP contribution in [0.25, 0.3) is 5.69 Å². The van der Waals surface area contributed by atoms with Crippen molar-refractivity contribution in [3.05, 3.63) is 77.1 Å². The first kappa shape index (κ1) is 15.2. The zero-order chi connectivity index (χ0) is 16.4. The normalized spacial score (nSPS) is 10.6. The van der Waals surface area contributed by atoms with Gasteiger partial charge in [0.25, 0.3) is 5.91 Å². The number of benzene rings is 2. The molecule has 0 saturated carbocycles. The summed E-state index contributed by atoms with van der Waals surface area (Å²) in [4.78, 5) is 12.1. The lowest BCUT2D eigenvalue weighted by molar-refractivity contribution is 0.102. The fraction of sp³-hybridized carbons (Fsp3) is 0. The maximum absolute atomic E-state index is 13.6. The maximum atomic E-state index is 13.6. The Morgan fingerprint density at radius 2 is 1.87 bits per heavy atom. The van der Waals surface area contributed by atoms with E-state index in [1.54, 1.807) is 30.5 Å². The molecule has 0 radical (unpaired) electrons. The van der Waals surface area contributed by atoms with Crippen molar-refractivity contribution in [1.29, 1.82) is 0 Å². The molecule has 0 atom stereocenters. The molecule has 4 nitrogen and oxygen atoms in total. The first-order valence-electron chi connectivity index (χ1n) is 6.62. The second-order valence-electron chi connectivity index (χ2n) is 4.65. The summed E-state index contributed by atoms with van der Waals surface area (Å²) in [6.45, 7) is 0. The van der Waals surface area contributed by atoms with Crippen LogP contribution in [-0.4, -0.2) is 15.7 Å². The third kappa shape index (κ3) is 3.07. The van der Waals surface area contributed by atoms with Gasteiger partial charge in [-0.1, -0.05) is 29.8 Å². The van der Waals surface area contributed by atoms with Crippen molar-refractivity contribution in [2.75, 3.05) is 5.32 Å². The van der Waals surface area contributed by atoms with E-state index < -0.39 is 17.5 Å². The Morgan fingerprint density at radius 1 is 1.09 bits per heavy atom. The number of halogens is 3. The third-order valence-electron chi connectivity index (χ3n) is 3.12. The Labute approximate surface area is 135 Å². The predicted molar refractivity (Wildman–Crippen MR) is 82.9 cm³/mol. The summed E-state index contributed by atoms with van der Waals surface area (Å²) in [6.07, 6.45) is 1.55. The van der Waals surface area contributed by atoms with Crippen LogP contribution in [0.2, 0.25) is 5.02 Å². The van der Waals surface area contributed by atoms with Gasteiger partial charge in [0.2, 0.25) is 0 Å². The molecule has 0 fully saturated rings. The second-order valence-corrected chi connectivity index (χ2v) is 5.06. The van der Waals surface area contributed by atoms with Crippen LogP contribution in [0.1, 0.15) is 10.5 Å². The highest BCUT2D eigenvalue weighted by molar-refractivity contribution is 6.32. The molecule has 1 amide bonds. The van der Waals surface area contributed by atoms with Crippen LogP contribution in [0.3, 0.4) is 0 Å². The van der Waals surface area contributed by atoms with Crippen molar-refractivity contribution in [1.82, 2.24) is 9.78 Å². The summed E-state index contributed by atoms with van der Waals surface area (Å²) in [5.74, 6) is -2.81. The van der Waals surface area contributed by atoms with Crippen LogP contribution in [0, 0.1) is 11.6 Å². The largest absolute Gasteiger partial charge is 0.318 e. The minimum Gasteiger partial charge on any atom is -0.318 e. The minimum atomic E-state index is -1.12.